The van der Waals surface area contributed by atoms with Crippen molar-refractivity contribution in [3.8, 4) is 16.9 Å². The van der Waals surface area contributed by atoms with Crippen molar-refractivity contribution in [2.75, 3.05) is 0 Å². The minimum absolute atomic E-state index is 0.273. The van der Waals surface area contributed by atoms with Gasteiger partial charge in [-0.25, -0.2) is 4.79 Å². The van der Waals surface area contributed by atoms with Gasteiger partial charge in [0.2, 0.25) is 0 Å². The van der Waals surface area contributed by atoms with Crippen LogP contribution < -0.4 is 0 Å². The van der Waals surface area contributed by atoms with E-state index >= 15 is 0 Å². The van der Waals surface area contributed by atoms with Crippen molar-refractivity contribution < 1.29 is 14.3 Å². The van der Waals surface area contributed by atoms with Crippen LogP contribution in [-0.4, -0.2) is 15.6 Å². The summed E-state index contributed by atoms with van der Waals surface area (Å²) in [4.78, 5) is 11.2. The lowest BCUT2D eigenvalue weighted by Crippen LogP contribution is -1.97. The predicted octanol–water partition coefficient (Wildman–Crippen LogP) is 5.74. The third-order valence-electron chi connectivity index (χ3n) is 4.90. The summed E-state index contributed by atoms with van der Waals surface area (Å²) in [7, 11) is 0. The average Bonchev–Trinajstić information content (AvgIpc) is 3.35. The van der Waals surface area contributed by atoms with Crippen molar-refractivity contribution in [1.82, 2.24) is 4.57 Å². The van der Waals surface area contributed by atoms with Crippen molar-refractivity contribution in [2.24, 2.45) is 0 Å². The van der Waals surface area contributed by atoms with E-state index in [4.69, 9.17) is 9.52 Å². The summed E-state index contributed by atoms with van der Waals surface area (Å²) >= 11 is 0. The number of carboxylic acids is 1. The maximum atomic E-state index is 11.2. The highest BCUT2D eigenvalue weighted by molar-refractivity contribution is 6.09. The van der Waals surface area contributed by atoms with E-state index in [-0.39, 0.29) is 5.56 Å². The first-order valence-electron chi connectivity index (χ1n) is 8.62. The second kappa shape index (κ2) is 5.88. The Morgan fingerprint density at radius 1 is 0.889 bits per heavy atom. The van der Waals surface area contributed by atoms with Crippen LogP contribution >= 0.6 is 0 Å². The Morgan fingerprint density at radius 2 is 1.70 bits per heavy atom. The number of furan rings is 1. The number of hydrogen-bond acceptors (Lipinski definition) is 2. The van der Waals surface area contributed by atoms with Gasteiger partial charge in [-0.15, -0.1) is 0 Å². The molecule has 2 heterocycles. The van der Waals surface area contributed by atoms with Crippen molar-refractivity contribution in [1.29, 1.82) is 0 Å². The fourth-order valence-electron chi connectivity index (χ4n) is 3.62. The molecule has 0 saturated heterocycles. The zero-order chi connectivity index (χ0) is 18.4. The van der Waals surface area contributed by atoms with Gasteiger partial charge in [0.1, 0.15) is 6.26 Å². The molecule has 0 fully saturated rings. The van der Waals surface area contributed by atoms with Gasteiger partial charge in [-0.05, 0) is 40.6 Å². The molecule has 0 bridgehead atoms. The maximum Gasteiger partial charge on any atom is 0.335 e. The largest absolute Gasteiger partial charge is 0.478 e. The van der Waals surface area contributed by atoms with Crippen LogP contribution in [0.2, 0.25) is 0 Å². The summed E-state index contributed by atoms with van der Waals surface area (Å²) < 4.78 is 7.46. The standard InChI is InChI=1S/C23H15NO3/c25-23(26)17-7-5-16(6-8-17)22-13-20-19-4-2-1-3-15(19)9-10-21(20)24(22)18-11-12-27-14-18/h1-14H,(H,25,26). The molecular formula is C23H15NO3. The summed E-state index contributed by atoms with van der Waals surface area (Å²) in [6.07, 6.45) is 3.36. The number of aromatic carboxylic acids is 1. The first-order chi connectivity index (χ1) is 13.2. The molecule has 0 amide bonds. The highest BCUT2D eigenvalue weighted by Gasteiger charge is 2.15. The fourth-order valence-corrected chi connectivity index (χ4v) is 3.62. The van der Waals surface area contributed by atoms with Crippen molar-refractivity contribution >= 4 is 27.6 Å². The number of rotatable bonds is 3. The van der Waals surface area contributed by atoms with Gasteiger partial charge in [0, 0.05) is 11.5 Å². The third kappa shape index (κ3) is 2.42. The Bertz CT molecular complexity index is 1280. The second-order valence-corrected chi connectivity index (χ2v) is 6.45. The summed E-state index contributed by atoms with van der Waals surface area (Å²) in [5, 5.41) is 12.7. The van der Waals surface area contributed by atoms with Crippen molar-refractivity contribution in [3.63, 3.8) is 0 Å². The van der Waals surface area contributed by atoms with Crippen LogP contribution in [0.3, 0.4) is 0 Å². The molecule has 2 aromatic heterocycles. The molecule has 3 aromatic carbocycles. The van der Waals surface area contributed by atoms with Gasteiger partial charge in [-0.2, -0.15) is 0 Å². The third-order valence-corrected chi connectivity index (χ3v) is 4.90. The quantitative estimate of drug-likeness (QED) is 0.450. The van der Waals surface area contributed by atoms with E-state index in [0.29, 0.717) is 0 Å². The minimum Gasteiger partial charge on any atom is -0.478 e. The SMILES string of the molecule is O=C(O)c1ccc(-c2cc3c4ccccc4ccc3n2-c2ccoc2)cc1. The van der Waals surface area contributed by atoms with Gasteiger partial charge >= 0.3 is 5.97 Å². The molecule has 0 spiro atoms. The molecule has 0 aliphatic rings. The average molecular weight is 353 g/mol. The molecule has 0 aliphatic carbocycles. The van der Waals surface area contributed by atoms with Gasteiger partial charge in [0.05, 0.1) is 28.7 Å². The normalized spacial score (nSPS) is 11.3. The van der Waals surface area contributed by atoms with Gasteiger partial charge in [-0.1, -0.05) is 42.5 Å². The predicted molar refractivity (Wildman–Crippen MR) is 105 cm³/mol. The van der Waals surface area contributed by atoms with E-state index in [1.165, 1.54) is 10.8 Å². The van der Waals surface area contributed by atoms with Crippen LogP contribution in [0.25, 0.3) is 38.6 Å². The molecule has 0 aliphatic heterocycles. The molecule has 0 unspecified atom stereocenters. The number of carbonyl (C=O) groups is 1. The van der Waals surface area contributed by atoms with Crippen LogP contribution in [0.1, 0.15) is 10.4 Å². The number of nitrogens with zero attached hydrogens (tertiary/aromatic N) is 1. The monoisotopic (exact) mass is 353 g/mol. The molecule has 5 aromatic rings. The summed E-state index contributed by atoms with van der Waals surface area (Å²) in [5.41, 5.74) is 4.21. The lowest BCUT2D eigenvalue weighted by Gasteiger charge is -2.09. The molecular weight excluding hydrogens is 338 g/mol. The van der Waals surface area contributed by atoms with E-state index in [0.717, 1.165) is 27.8 Å². The smallest absolute Gasteiger partial charge is 0.335 e. The first-order valence-corrected chi connectivity index (χ1v) is 8.62. The van der Waals surface area contributed by atoms with E-state index in [1.54, 1.807) is 24.7 Å². The molecule has 1 N–H and O–H groups in total. The lowest BCUT2D eigenvalue weighted by molar-refractivity contribution is 0.0697. The Kier molecular flexibility index (Phi) is 3.37. The number of aromatic nitrogens is 1. The van der Waals surface area contributed by atoms with Crippen molar-refractivity contribution in [3.05, 3.63) is 90.9 Å². The molecule has 27 heavy (non-hydrogen) atoms. The summed E-state index contributed by atoms with van der Waals surface area (Å²) in [5.74, 6) is -0.928. The minimum atomic E-state index is -0.928. The van der Waals surface area contributed by atoms with Crippen LogP contribution in [0.5, 0.6) is 0 Å². The molecule has 5 rings (SSSR count). The Hall–Kier alpha value is -3.79. The zero-order valence-corrected chi connectivity index (χ0v) is 14.3. The van der Waals surface area contributed by atoms with E-state index in [1.807, 2.05) is 30.3 Å². The molecule has 130 valence electrons. The molecule has 0 saturated carbocycles. The van der Waals surface area contributed by atoms with Gasteiger partial charge in [-0.3, -0.25) is 0 Å². The van der Waals surface area contributed by atoms with Crippen LogP contribution in [0, 0.1) is 0 Å². The number of hydrogen-bond donors (Lipinski definition) is 1. The second-order valence-electron chi connectivity index (χ2n) is 6.45. The summed E-state index contributed by atoms with van der Waals surface area (Å²) in [6.45, 7) is 0. The molecule has 4 nitrogen and oxygen atoms in total. The molecule has 4 heteroatoms. The maximum absolute atomic E-state index is 11.2. The van der Waals surface area contributed by atoms with Gasteiger partial charge in [0.15, 0.2) is 0 Å². The van der Waals surface area contributed by atoms with E-state index in [9.17, 15) is 4.79 Å². The zero-order valence-electron chi connectivity index (χ0n) is 14.3. The highest BCUT2D eigenvalue weighted by Crippen LogP contribution is 2.35. The highest BCUT2D eigenvalue weighted by atomic mass is 16.4. The Labute approximate surface area is 154 Å². The van der Waals surface area contributed by atoms with Crippen molar-refractivity contribution in [2.45, 2.75) is 0 Å². The molecule has 0 atom stereocenters. The number of fused-ring (bicyclic) bond motifs is 3. The van der Waals surface area contributed by atoms with Crippen LogP contribution in [0.15, 0.2) is 89.7 Å². The Morgan fingerprint density at radius 3 is 2.44 bits per heavy atom. The lowest BCUT2D eigenvalue weighted by atomic mass is 10.1. The van der Waals surface area contributed by atoms with Crippen LogP contribution in [0.4, 0.5) is 0 Å². The topological polar surface area (TPSA) is 55.4 Å². The summed E-state index contributed by atoms with van der Waals surface area (Å²) in [6, 6.07) is 23.5. The van der Waals surface area contributed by atoms with Crippen LogP contribution in [-0.2, 0) is 0 Å². The molecule has 0 radical (unpaired) electrons. The van der Waals surface area contributed by atoms with Gasteiger partial charge < -0.3 is 14.1 Å². The van der Waals surface area contributed by atoms with E-state index in [2.05, 4.69) is 34.9 Å². The first kappa shape index (κ1) is 15.5. The fraction of sp³-hybridized carbons (Fsp3) is 0. The number of carboxylic acid groups (broad SMARTS) is 1. The van der Waals surface area contributed by atoms with Gasteiger partial charge in [0.25, 0.3) is 0 Å². The Balaban J connectivity index is 1.84. The number of benzene rings is 3. The van der Waals surface area contributed by atoms with E-state index < -0.39 is 5.97 Å².